The number of rotatable bonds is 4. The highest BCUT2D eigenvalue weighted by atomic mass is 16.5. The largest absolute Gasteiger partial charge is 0.455 e. The van der Waals surface area contributed by atoms with E-state index in [9.17, 15) is 9.59 Å². The Morgan fingerprint density at radius 1 is 1.38 bits per heavy atom. The summed E-state index contributed by atoms with van der Waals surface area (Å²) in [5.74, 6) is -0.415. The number of ketones is 1. The second kappa shape index (κ2) is 4.51. The second-order valence-electron chi connectivity index (χ2n) is 4.39. The topological polar surface area (TPSA) is 59.2 Å². The van der Waals surface area contributed by atoms with Gasteiger partial charge in [0, 0.05) is 13.1 Å². The normalized spacial score (nSPS) is 13.2. The van der Waals surface area contributed by atoms with Gasteiger partial charge in [-0.25, -0.2) is 0 Å². The lowest BCUT2D eigenvalue weighted by Gasteiger charge is -2.30. The van der Waals surface area contributed by atoms with Crippen LogP contribution in [0.15, 0.2) is 18.3 Å². The molecular formula is C12H17NO3. The molecule has 1 heterocycles. The van der Waals surface area contributed by atoms with E-state index in [1.54, 1.807) is 26.1 Å². The van der Waals surface area contributed by atoms with E-state index in [-0.39, 0.29) is 5.78 Å². The van der Waals surface area contributed by atoms with E-state index in [0.717, 1.165) is 5.69 Å². The molecule has 1 atom stereocenters. The third-order valence-corrected chi connectivity index (χ3v) is 2.75. The molecule has 0 aromatic carbocycles. The summed E-state index contributed by atoms with van der Waals surface area (Å²) >= 11 is 0. The third kappa shape index (κ3) is 2.51. The summed E-state index contributed by atoms with van der Waals surface area (Å²) in [5, 5.41) is 0. The van der Waals surface area contributed by atoms with Gasteiger partial charge in [-0.3, -0.25) is 9.59 Å². The first-order valence-electron chi connectivity index (χ1n) is 5.17. The quantitative estimate of drug-likeness (QED) is 0.796. The van der Waals surface area contributed by atoms with Crippen LogP contribution in [0.3, 0.4) is 0 Å². The highest BCUT2D eigenvalue weighted by molar-refractivity contribution is 5.82. The van der Waals surface area contributed by atoms with E-state index in [1.807, 2.05) is 6.07 Å². The van der Waals surface area contributed by atoms with Crippen molar-refractivity contribution < 1.29 is 14.3 Å². The van der Waals surface area contributed by atoms with Crippen LogP contribution in [0, 0.1) is 5.41 Å². The summed E-state index contributed by atoms with van der Waals surface area (Å²) in [7, 11) is 0. The molecule has 0 amide bonds. The highest BCUT2D eigenvalue weighted by Gasteiger charge is 2.38. The lowest BCUT2D eigenvalue weighted by Crippen LogP contribution is -2.32. The van der Waals surface area contributed by atoms with Crippen molar-refractivity contribution in [3.05, 3.63) is 24.0 Å². The fraction of sp³-hybridized carbons (Fsp3) is 0.500. The Morgan fingerprint density at radius 3 is 2.38 bits per heavy atom. The zero-order chi connectivity index (χ0) is 12.3. The smallest absolute Gasteiger partial charge is 0.303 e. The lowest BCUT2D eigenvalue weighted by atomic mass is 9.81. The number of carbonyl (C=O) groups is 2. The molecule has 1 unspecified atom stereocenters. The molecule has 0 spiro atoms. The third-order valence-electron chi connectivity index (χ3n) is 2.75. The van der Waals surface area contributed by atoms with Gasteiger partial charge < -0.3 is 9.72 Å². The van der Waals surface area contributed by atoms with Gasteiger partial charge in [0.2, 0.25) is 0 Å². The first-order valence-corrected chi connectivity index (χ1v) is 5.17. The van der Waals surface area contributed by atoms with Crippen LogP contribution in [-0.2, 0) is 14.3 Å². The summed E-state index contributed by atoms with van der Waals surface area (Å²) in [4.78, 5) is 25.6. The van der Waals surface area contributed by atoms with E-state index in [1.165, 1.54) is 13.8 Å². The number of hydrogen-bond donors (Lipinski definition) is 1. The Kier molecular flexibility index (Phi) is 3.52. The number of H-pyrrole nitrogens is 1. The number of esters is 1. The first-order chi connectivity index (χ1) is 7.35. The molecule has 16 heavy (non-hydrogen) atoms. The first kappa shape index (κ1) is 12.5. The van der Waals surface area contributed by atoms with Gasteiger partial charge in [0.1, 0.15) is 5.78 Å². The summed E-state index contributed by atoms with van der Waals surface area (Å²) in [6.45, 7) is 6.37. The summed E-state index contributed by atoms with van der Waals surface area (Å²) < 4.78 is 5.23. The summed E-state index contributed by atoms with van der Waals surface area (Å²) in [6, 6.07) is 3.61. The number of carbonyl (C=O) groups excluding carboxylic acids is 2. The monoisotopic (exact) mass is 223 g/mol. The zero-order valence-electron chi connectivity index (χ0n) is 10.0. The van der Waals surface area contributed by atoms with Crippen molar-refractivity contribution in [2.75, 3.05) is 0 Å². The van der Waals surface area contributed by atoms with Crippen LogP contribution in [0.5, 0.6) is 0 Å². The summed E-state index contributed by atoms with van der Waals surface area (Å²) in [5.41, 5.74) is -0.00771. The number of nitrogens with one attached hydrogen (secondary N) is 1. The van der Waals surface area contributed by atoms with Crippen LogP contribution in [0.1, 0.15) is 39.5 Å². The lowest BCUT2D eigenvalue weighted by molar-refractivity contribution is -0.156. The fourth-order valence-corrected chi connectivity index (χ4v) is 1.46. The van der Waals surface area contributed by atoms with E-state index >= 15 is 0 Å². The molecule has 0 radical (unpaired) electrons. The fourth-order valence-electron chi connectivity index (χ4n) is 1.46. The van der Waals surface area contributed by atoms with E-state index in [0.29, 0.717) is 0 Å². The number of aromatic nitrogens is 1. The van der Waals surface area contributed by atoms with Gasteiger partial charge in [-0.05, 0) is 32.9 Å². The van der Waals surface area contributed by atoms with E-state index in [2.05, 4.69) is 4.98 Å². The van der Waals surface area contributed by atoms with Crippen molar-refractivity contribution in [2.24, 2.45) is 5.41 Å². The predicted molar refractivity (Wildman–Crippen MR) is 59.8 cm³/mol. The van der Waals surface area contributed by atoms with Crippen molar-refractivity contribution in [1.82, 2.24) is 4.98 Å². The van der Waals surface area contributed by atoms with Gasteiger partial charge in [-0.1, -0.05) is 0 Å². The molecule has 1 rings (SSSR count). The molecule has 0 saturated carbocycles. The molecule has 4 nitrogen and oxygen atoms in total. The predicted octanol–water partition coefficient (Wildman–Crippen LogP) is 2.23. The minimum Gasteiger partial charge on any atom is -0.455 e. The maximum atomic E-state index is 11.6. The number of ether oxygens (including phenoxy) is 1. The van der Waals surface area contributed by atoms with Crippen LogP contribution in [-0.4, -0.2) is 16.7 Å². The molecule has 0 saturated heterocycles. The Bertz CT molecular complexity index is 379. The average molecular weight is 223 g/mol. The maximum absolute atomic E-state index is 11.6. The van der Waals surface area contributed by atoms with Crippen LogP contribution in [0.4, 0.5) is 0 Å². The number of hydrogen-bond acceptors (Lipinski definition) is 3. The van der Waals surface area contributed by atoms with Gasteiger partial charge in [-0.2, -0.15) is 0 Å². The van der Waals surface area contributed by atoms with Crippen molar-refractivity contribution >= 4 is 11.8 Å². The van der Waals surface area contributed by atoms with Crippen LogP contribution in [0.2, 0.25) is 0 Å². The molecule has 0 aliphatic carbocycles. The molecule has 1 N–H and O–H groups in total. The zero-order valence-corrected chi connectivity index (χ0v) is 10.0. The Hall–Kier alpha value is -1.58. The molecule has 1 aromatic rings. The summed E-state index contributed by atoms with van der Waals surface area (Å²) in [6.07, 6.45) is 1.17. The standard InChI is InChI=1S/C12H17NO3/c1-8(14)12(3,4)11(16-9(2)15)10-6-5-7-13-10/h5-7,11,13H,1-4H3. The maximum Gasteiger partial charge on any atom is 0.303 e. The molecule has 88 valence electrons. The van der Waals surface area contributed by atoms with Gasteiger partial charge in [0.15, 0.2) is 6.10 Å². The Morgan fingerprint density at radius 2 is 2.00 bits per heavy atom. The van der Waals surface area contributed by atoms with Crippen LogP contribution < -0.4 is 0 Å². The van der Waals surface area contributed by atoms with Crippen molar-refractivity contribution in [3.63, 3.8) is 0 Å². The molecule has 0 aliphatic heterocycles. The highest BCUT2D eigenvalue weighted by Crippen LogP contribution is 2.36. The number of aromatic amines is 1. The van der Waals surface area contributed by atoms with Crippen molar-refractivity contribution in [3.8, 4) is 0 Å². The van der Waals surface area contributed by atoms with Gasteiger partial charge in [0.25, 0.3) is 0 Å². The van der Waals surface area contributed by atoms with Crippen molar-refractivity contribution in [2.45, 2.75) is 33.8 Å². The molecule has 0 bridgehead atoms. The van der Waals surface area contributed by atoms with Crippen LogP contribution >= 0.6 is 0 Å². The van der Waals surface area contributed by atoms with Gasteiger partial charge in [-0.15, -0.1) is 0 Å². The molecule has 0 aliphatic rings. The SMILES string of the molecule is CC(=O)OC(c1ccc[nH]1)C(C)(C)C(C)=O. The number of Topliss-reactive ketones (excluding diaryl/α,β-unsaturated/α-hetero) is 1. The average Bonchev–Trinajstić information content (AvgIpc) is 2.65. The minimum absolute atomic E-state index is 0.0200. The molecule has 4 heteroatoms. The Labute approximate surface area is 95.0 Å². The molecule has 0 fully saturated rings. The van der Waals surface area contributed by atoms with E-state index < -0.39 is 17.5 Å². The van der Waals surface area contributed by atoms with Crippen molar-refractivity contribution in [1.29, 1.82) is 0 Å². The van der Waals surface area contributed by atoms with Gasteiger partial charge in [0.05, 0.1) is 11.1 Å². The molecule has 1 aromatic heterocycles. The Balaban J connectivity index is 3.06. The minimum atomic E-state index is -0.740. The van der Waals surface area contributed by atoms with E-state index in [4.69, 9.17) is 4.74 Å². The van der Waals surface area contributed by atoms with Gasteiger partial charge >= 0.3 is 5.97 Å². The molecular weight excluding hydrogens is 206 g/mol. The van der Waals surface area contributed by atoms with Crippen LogP contribution in [0.25, 0.3) is 0 Å². The second-order valence-corrected chi connectivity index (χ2v) is 4.39.